The van der Waals surface area contributed by atoms with Crippen molar-refractivity contribution >= 4 is 79.0 Å². The van der Waals surface area contributed by atoms with E-state index in [4.69, 9.17) is 8.75 Å². The number of aryl methyl sites for hydroxylation is 4. The van der Waals surface area contributed by atoms with Crippen molar-refractivity contribution in [1.29, 1.82) is 0 Å². The van der Waals surface area contributed by atoms with Crippen LogP contribution >= 0.6 is 46.1 Å². The Labute approximate surface area is 189 Å². The molecule has 0 bridgehead atoms. The highest BCUT2D eigenvalue weighted by Gasteiger charge is 2.20. The van der Waals surface area contributed by atoms with Gasteiger partial charge in [0.15, 0.2) is 0 Å². The number of fused-ring (bicyclic) bond motifs is 5. The van der Waals surface area contributed by atoms with Crippen molar-refractivity contribution in [3.8, 4) is 20.9 Å². The topological polar surface area (TPSA) is 51.6 Å². The third kappa shape index (κ3) is 2.61. The van der Waals surface area contributed by atoms with Crippen molar-refractivity contribution in [3.63, 3.8) is 0 Å². The zero-order valence-electron chi connectivity index (χ0n) is 16.7. The van der Waals surface area contributed by atoms with Crippen molar-refractivity contribution in [1.82, 2.24) is 17.5 Å². The Kier molecular flexibility index (Phi) is 4.08. The first-order valence-electron chi connectivity index (χ1n) is 9.50. The summed E-state index contributed by atoms with van der Waals surface area (Å²) in [6, 6.07) is 8.98. The highest BCUT2D eigenvalue weighted by Crippen LogP contribution is 2.43. The molecule has 148 valence electrons. The minimum Gasteiger partial charge on any atom is -0.172 e. The number of thiophene rings is 2. The van der Waals surface area contributed by atoms with Crippen LogP contribution < -0.4 is 0 Å². The normalized spacial score (nSPS) is 12.0. The molecule has 0 amide bonds. The molecule has 0 spiro atoms. The molecule has 30 heavy (non-hydrogen) atoms. The summed E-state index contributed by atoms with van der Waals surface area (Å²) in [4.78, 5) is 5.13. The fourth-order valence-corrected chi connectivity index (χ4v) is 7.09. The number of rotatable bonds is 2. The van der Waals surface area contributed by atoms with Crippen molar-refractivity contribution in [2.75, 3.05) is 0 Å². The summed E-state index contributed by atoms with van der Waals surface area (Å²) in [5.41, 5.74) is 8.75. The van der Waals surface area contributed by atoms with Gasteiger partial charge in [-0.05, 0) is 63.1 Å². The first kappa shape index (κ1) is 18.5. The first-order valence-corrected chi connectivity index (χ1v) is 12.6. The van der Waals surface area contributed by atoms with Gasteiger partial charge in [0.25, 0.3) is 0 Å². The molecular weight excluding hydrogens is 449 g/mol. The van der Waals surface area contributed by atoms with Crippen LogP contribution in [0.2, 0.25) is 0 Å². The Bertz CT molecular complexity index is 1440. The second-order valence-electron chi connectivity index (χ2n) is 7.57. The Morgan fingerprint density at radius 3 is 1.30 bits per heavy atom. The maximum atomic E-state index is 4.70. The summed E-state index contributed by atoms with van der Waals surface area (Å²) < 4.78 is 18.8. The van der Waals surface area contributed by atoms with E-state index in [1.165, 1.54) is 54.1 Å². The summed E-state index contributed by atoms with van der Waals surface area (Å²) in [6.45, 7) is 8.65. The first-order chi connectivity index (χ1) is 14.5. The van der Waals surface area contributed by atoms with E-state index in [0.29, 0.717) is 0 Å². The van der Waals surface area contributed by atoms with E-state index in [2.05, 4.69) is 60.7 Å². The molecule has 2 aromatic carbocycles. The summed E-state index contributed by atoms with van der Waals surface area (Å²) in [5, 5.41) is 2.21. The van der Waals surface area contributed by atoms with Crippen LogP contribution in [-0.4, -0.2) is 17.5 Å². The molecule has 0 N–H and O–H groups in total. The number of hydrogen-bond donors (Lipinski definition) is 0. The summed E-state index contributed by atoms with van der Waals surface area (Å²) >= 11 is 6.18. The molecule has 0 fully saturated rings. The largest absolute Gasteiger partial charge is 0.172 e. The van der Waals surface area contributed by atoms with E-state index in [-0.39, 0.29) is 0 Å². The number of benzene rings is 2. The van der Waals surface area contributed by atoms with Crippen LogP contribution in [0.3, 0.4) is 0 Å². The monoisotopic (exact) mass is 464 g/mol. The summed E-state index contributed by atoms with van der Waals surface area (Å²) in [6.07, 6.45) is 0. The third-order valence-electron chi connectivity index (χ3n) is 5.73. The lowest BCUT2D eigenvalue weighted by Crippen LogP contribution is -1.86. The van der Waals surface area contributed by atoms with Crippen LogP contribution in [-0.2, 0) is 0 Å². The molecule has 0 aliphatic rings. The lowest BCUT2D eigenvalue weighted by molar-refractivity contribution is 1.44. The molecule has 0 saturated carbocycles. The molecular formula is C22H16N4S4. The maximum Gasteiger partial charge on any atom is 0.114 e. The minimum absolute atomic E-state index is 0.956. The van der Waals surface area contributed by atoms with Gasteiger partial charge in [-0.15, -0.1) is 22.7 Å². The fourth-order valence-electron chi connectivity index (χ4n) is 3.84. The Morgan fingerprint density at radius 1 is 0.533 bits per heavy atom. The molecule has 8 heteroatoms. The average molecular weight is 465 g/mol. The quantitative estimate of drug-likeness (QED) is 0.266. The van der Waals surface area contributed by atoms with E-state index in [9.17, 15) is 0 Å². The third-order valence-corrected chi connectivity index (χ3v) is 9.16. The highest BCUT2D eigenvalue weighted by molar-refractivity contribution is 7.16. The minimum atomic E-state index is 0.956. The molecule has 4 heterocycles. The van der Waals surface area contributed by atoms with Crippen molar-refractivity contribution in [2.45, 2.75) is 27.7 Å². The summed E-state index contributed by atoms with van der Waals surface area (Å²) in [5.74, 6) is 0. The van der Waals surface area contributed by atoms with E-state index < -0.39 is 0 Å². The van der Waals surface area contributed by atoms with Crippen LogP contribution in [0, 0.1) is 27.7 Å². The van der Waals surface area contributed by atoms with Gasteiger partial charge in [0.2, 0.25) is 0 Å². The van der Waals surface area contributed by atoms with Gasteiger partial charge in [0.1, 0.15) is 22.1 Å². The molecule has 6 aromatic rings. The van der Waals surface area contributed by atoms with Gasteiger partial charge in [-0.2, -0.15) is 17.5 Å². The van der Waals surface area contributed by atoms with Gasteiger partial charge in [-0.3, -0.25) is 0 Å². The van der Waals surface area contributed by atoms with Gasteiger partial charge < -0.3 is 0 Å². The Morgan fingerprint density at radius 2 is 0.933 bits per heavy atom. The molecule has 0 saturated heterocycles. The highest BCUT2D eigenvalue weighted by atomic mass is 32.1. The van der Waals surface area contributed by atoms with Crippen molar-refractivity contribution in [3.05, 3.63) is 45.1 Å². The predicted octanol–water partition coefficient (Wildman–Crippen LogP) is 7.54. The molecule has 4 nitrogen and oxygen atoms in total. The van der Waals surface area contributed by atoms with Gasteiger partial charge in [-0.25, -0.2) is 0 Å². The average Bonchev–Trinajstić information content (AvgIpc) is 3.49. The lowest BCUT2D eigenvalue weighted by atomic mass is 9.98. The SMILES string of the molecule is Cc1cc(-c2cc3c(cc(-c4cc(C)c(C)s4)c4nsnc43)c3nsnc23)sc1C. The lowest BCUT2D eigenvalue weighted by Gasteiger charge is -2.07. The van der Waals surface area contributed by atoms with Crippen molar-refractivity contribution in [2.24, 2.45) is 0 Å². The maximum absolute atomic E-state index is 4.70. The van der Waals surface area contributed by atoms with Gasteiger partial charge >= 0.3 is 0 Å². The molecule has 0 aliphatic heterocycles. The van der Waals surface area contributed by atoms with E-state index in [0.717, 1.165) is 44.0 Å². The van der Waals surface area contributed by atoms with Crippen LogP contribution in [0.5, 0.6) is 0 Å². The van der Waals surface area contributed by atoms with Gasteiger partial charge in [0.05, 0.1) is 23.5 Å². The second kappa shape index (κ2) is 6.62. The predicted molar refractivity (Wildman–Crippen MR) is 131 cm³/mol. The van der Waals surface area contributed by atoms with Gasteiger partial charge in [0, 0.05) is 41.4 Å². The molecule has 0 atom stereocenters. The molecule has 0 radical (unpaired) electrons. The van der Waals surface area contributed by atoms with Crippen LogP contribution in [0.1, 0.15) is 20.9 Å². The van der Waals surface area contributed by atoms with Crippen molar-refractivity contribution < 1.29 is 0 Å². The molecule has 0 unspecified atom stereocenters. The Balaban J connectivity index is 1.74. The number of nitrogens with zero attached hydrogens (tertiary/aromatic N) is 4. The Hall–Kier alpha value is -2.26. The van der Waals surface area contributed by atoms with Crippen LogP contribution in [0.15, 0.2) is 24.3 Å². The smallest absolute Gasteiger partial charge is 0.114 e. The van der Waals surface area contributed by atoms with Gasteiger partial charge in [-0.1, -0.05) is 0 Å². The van der Waals surface area contributed by atoms with E-state index in [1.807, 2.05) is 22.7 Å². The van der Waals surface area contributed by atoms with E-state index >= 15 is 0 Å². The number of aromatic nitrogens is 4. The molecule has 6 rings (SSSR count). The molecule has 0 aliphatic carbocycles. The fraction of sp³-hybridized carbons (Fsp3) is 0.182. The number of hydrogen-bond acceptors (Lipinski definition) is 8. The zero-order valence-corrected chi connectivity index (χ0v) is 20.0. The second-order valence-corrected chi connectivity index (χ2v) is 11.1. The summed E-state index contributed by atoms with van der Waals surface area (Å²) in [7, 11) is 0. The zero-order chi connectivity index (χ0) is 20.6. The van der Waals surface area contributed by atoms with E-state index in [1.54, 1.807) is 0 Å². The van der Waals surface area contributed by atoms with Crippen LogP contribution in [0.4, 0.5) is 0 Å². The standard InChI is InChI=1S/C22H16N4S4/c1-9-5-17(27-11(9)3)15-7-13-14(19-21(15)25-29-23-19)8-16(22-20(13)24-30-26-22)18-6-10(2)12(4)28-18/h5-8H,1-4H3. The van der Waals surface area contributed by atoms with Crippen LogP contribution in [0.25, 0.3) is 53.7 Å². The molecule has 4 aromatic heterocycles.